The Kier molecular flexibility index (Phi) is 5.94. The molecule has 0 unspecified atom stereocenters. The van der Waals surface area contributed by atoms with Crippen LogP contribution in [0.2, 0.25) is 5.02 Å². The number of methoxy groups -OCH3 is 1. The van der Waals surface area contributed by atoms with E-state index in [1.807, 2.05) is 23.0 Å². The van der Waals surface area contributed by atoms with Crippen LogP contribution >= 0.6 is 11.6 Å². The van der Waals surface area contributed by atoms with Crippen LogP contribution in [0.5, 0.6) is 5.75 Å². The Morgan fingerprint density at radius 2 is 1.96 bits per heavy atom. The third kappa shape index (κ3) is 4.62. The highest BCUT2D eigenvalue weighted by Gasteiger charge is 2.12. The van der Waals surface area contributed by atoms with Crippen LogP contribution in [0.15, 0.2) is 42.7 Å². The molecule has 2 heterocycles. The summed E-state index contributed by atoms with van der Waals surface area (Å²) in [5.41, 5.74) is 2.76. The van der Waals surface area contributed by atoms with Crippen molar-refractivity contribution in [3.63, 3.8) is 0 Å². The minimum Gasteiger partial charge on any atom is -0.497 e. The average molecular weight is 346 g/mol. The fraction of sp³-hybridized carbons (Fsp3) is 0.421. The van der Waals surface area contributed by atoms with Crippen LogP contribution < -0.4 is 4.74 Å². The molecule has 0 atom stereocenters. The second kappa shape index (κ2) is 8.36. The molecule has 0 radical (unpaired) electrons. The minimum absolute atomic E-state index is 0.710. The molecule has 5 heteroatoms. The number of nitrogens with zero attached hydrogens (tertiary/aromatic N) is 3. The number of aromatic nitrogens is 2. The molecular formula is C19H24ClN3O. The van der Waals surface area contributed by atoms with Crippen LogP contribution in [-0.2, 0) is 6.54 Å². The lowest BCUT2D eigenvalue weighted by atomic mass is 9.99. The number of hydrogen-bond donors (Lipinski definition) is 0. The van der Waals surface area contributed by atoms with Crippen LogP contribution in [-0.4, -0.2) is 41.4 Å². The van der Waals surface area contributed by atoms with E-state index in [1.54, 1.807) is 13.3 Å². The lowest BCUT2D eigenvalue weighted by molar-refractivity contribution is 0.291. The first-order chi connectivity index (χ1) is 11.7. The van der Waals surface area contributed by atoms with Gasteiger partial charge in [0.2, 0.25) is 0 Å². The first kappa shape index (κ1) is 17.1. The van der Waals surface area contributed by atoms with E-state index in [9.17, 15) is 0 Å². The van der Waals surface area contributed by atoms with Gasteiger partial charge in [-0.25, -0.2) is 0 Å². The molecule has 1 aromatic carbocycles. The van der Waals surface area contributed by atoms with E-state index in [-0.39, 0.29) is 0 Å². The van der Waals surface area contributed by atoms with Crippen LogP contribution in [0.4, 0.5) is 0 Å². The lowest BCUT2D eigenvalue weighted by Crippen LogP contribution is -2.29. The maximum atomic E-state index is 5.87. The Morgan fingerprint density at radius 1 is 1.17 bits per heavy atom. The molecule has 2 aromatic rings. The van der Waals surface area contributed by atoms with E-state index in [2.05, 4.69) is 28.2 Å². The summed E-state index contributed by atoms with van der Waals surface area (Å²) in [5.74, 6) is 0.912. The van der Waals surface area contributed by atoms with Crippen LogP contribution in [0, 0.1) is 0 Å². The van der Waals surface area contributed by atoms with E-state index in [4.69, 9.17) is 16.3 Å². The van der Waals surface area contributed by atoms with E-state index in [0.29, 0.717) is 5.02 Å². The van der Waals surface area contributed by atoms with Crippen molar-refractivity contribution in [3.8, 4) is 5.75 Å². The number of halogens is 1. The highest BCUT2D eigenvalue weighted by Crippen LogP contribution is 2.24. The SMILES string of the molecule is COc1ccc(C2=CCN(CCCCn3cc(Cl)cn3)CC2)cc1. The number of rotatable bonds is 7. The Morgan fingerprint density at radius 3 is 2.58 bits per heavy atom. The maximum absolute atomic E-state index is 5.87. The quantitative estimate of drug-likeness (QED) is 0.707. The molecule has 0 aliphatic carbocycles. The molecule has 0 saturated heterocycles. The van der Waals surface area contributed by atoms with Crippen molar-refractivity contribution >= 4 is 17.2 Å². The summed E-state index contributed by atoms with van der Waals surface area (Å²) in [5, 5.41) is 4.92. The summed E-state index contributed by atoms with van der Waals surface area (Å²) in [6.07, 6.45) is 9.36. The van der Waals surface area contributed by atoms with Crippen molar-refractivity contribution < 1.29 is 4.74 Å². The molecule has 1 aliphatic rings. The fourth-order valence-electron chi connectivity index (χ4n) is 3.05. The van der Waals surface area contributed by atoms with Crippen molar-refractivity contribution in [2.45, 2.75) is 25.8 Å². The minimum atomic E-state index is 0.710. The molecule has 0 fully saturated rings. The van der Waals surface area contributed by atoms with Gasteiger partial charge >= 0.3 is 0 Å². The Labute approximate surface area is 148 Å². The predicted octanol–water partition coefficient (Wildman–Crippen LogP) is 4.11. The molecule has 128 valence electrons. The molecule has 0 bridgehead atoms. The summed E-state index contributed by atoms with van der Waals surface area (Å²) in [4.78, 5) is 2.52. The molecule has 1 aromatic heterocycles. The first-order valence-corrected chi connectivity index (χ1v) is 8.86. The van der Waals surface area contributed by atoms with Gasteiger partial charge in [0, 0.05) is 25.8 Å². The molecule has 4 nitrogen and oxygen atoms in total. The maximum Gasteiger partial charge on any atom is 0.118 e. The van der Waals surface area contributed by atoms with Gasteiger partial charge in [0.05, 0.1) is 18.3 Å². The molecule has 1 aliphatic heterocycles. The Hall–Kier alpha value is -1.78. The molecule has 0 amide bonds. The first-order valence-electron chi connectivity index (χ1n) is 8.48. The summed E-state index contributed by atoms with van der Waals surface area (Å²) in [6.45, 7) is 4.25. The van der Waals surface area contributed by atoms with Gasteiger partial charge in [-0.3, -0.25) is 9.58 Å². The van der Waals surface area contributed by atoms with Gasteiger partial charge in [-0.2, -0.15) is 5.10 Å². The second-order valence-electron chi connectivity index (χ2n) is 6.14. The monoisotopic (exact) mass is 345 g/mol. The smallest absolute Gasteiger partial charge is 0.118 e. The highest BCUT2D eigenvalue weighted by molar-refractivity contribution is 6.30. The third-order valence-electron chi connectivity index (χ3n) is 4.47. The largest absolute Gasteiger partial charge is 0.497 e. The zero-order chi connectivity index (χ0) is 16.8. The van der Waals surface area contributed by atoms with Crippen molar-refractivity contribution in [2.75, 3.05) is 26.7 Å². The van der Waals surface area contributed by atoms with Crippen molar-refractivity contribution in [3.05, 3.63) is 53.3 Å². The predicted molar refractivity (Wildman–Crippen MR) is 98.5 cm³/mol. The van der Waals surface area contributed by atoms with E-state index in [1.165, 1.54) is 17.6 Å². The van der Waals surface area contributed by atoms with Crippen molar-refractivity contribution in [1.82, 2.24) is 14.7 Å². The molecule has 0 saturated carbocycles. The Bertz CT molecular complexity index is 678. The van der Waals surface area contributed by atoms with Gasteiger partial charge in [-0.1, -0.05) is 29.8 Å². The van der Waals surface area contributed by atoms with Gasteiger partial charge in [0.1, 0.15) is 5.75 Å². The molecular weight excluding hydrogens is 322 g/mol. The average Bonchev–Trinajstić information content (AvgIpc) is 3.05. The van der Waals surface area contributed by atoms with E-state index < -0.39 is 0 Å². The normalized spacial score (nSPS) is 15.3. The number of aryl methyl sites for hydroxylation is 1. The zero-order valence-corrected chi connectivity index (χ0v) is 14.9. The molecule has 3 rings (SSSR count). The summed E-state index contributed by atoms with van der Waals surface area (Å²) >= 11 is 5.87. The van der Waals surface area contributed by atoms with Gasteiger partial charge in [-0.05, 0) is 49.1 Å². The zero-order valence-electron chi connectivity index (χ0n) is 14.1. The molecule has 0 spiro atoms. The fourth-order valence-corrected chi connectivity index (χ4v) is 3.21. The second-order valence-corrected chi connectivity index (χ2v) is 6.57. The Balaban J connectivity index is 1.41. The van der Waals surface area contributed by atoms with Gasteiger partial charge in [0.15, 0.2) is 0 Å². The van der Waals surface area contributed by atoms with E-state index >= 15 is 0 Å². The lowest BCUT2D eigenvalue weighted by Gasteiger charge is -2.26. The van der Waals surface area contributed by atoms with Gasteiger partial charge in [-0.15, -0.1) is 0 Å². The number of unbranched alkanes of at least 4 members (excludes halogenated alkanes) is 1. The van der Waals surface area contributed by atoms with E-state index in [0.717, 1.165) is 44.8 Å². The van der Waals surface area contributed by atoms with Crippen molar-refractivity contribution in [2.24, 2.45) is 0 Å². The number of ether oxygens (including phenoxy) is 1. The molecule has 24 heavy (non-hydrogen) atoms. The number of hydrogen-bond acceptors (Lipinski definition) is 3. The number of benzene rings is 1. The van der Waals surface area contributed by atoms with Crippen molar-refractivity contribution in [1.29, 1.82) is 0 Å². The topological polar surface area (TPSA) is 30.3 Å². The highest BCUT2D eigenvalue weighted by atomic mass is 35.5. The third-order valence-corrected chi connectivity index (χ3v) is 4.66. The van der Waals surface area contributed by atoms with Gasteiger partial charge in [0.25, 0.3) is 0 Å². The molecule has 0 N–H and O–H groups in total. The summed E-state index contributed by atoms with van der Waals surface area (Å²) in [7, 11) is 1.70. The summed E-state index contributed by atoms with van der Waals surface area (Å²) < 4.78 is 7.14. The van der Waals surface area contributed by atoms with Gasteiger partial charge < -0.3 is 4.74 Å². The summed E-state index contributed by atoms with van der Waals surface area (Å²) in [6, 6.07) is 8.36. The van der Waals surface area contributed by atoms with Crippen LogP contribution in [0.1, 0.15) is 24.8 Å². The van der Waals surface area contributed by atoms with Crippen LogP contribution in [0.3, 0.4) is 0 Å². The van der Waals surface area contributed by atoms with Crippen LogP contribution in [0.25, 0.3) is 5.57 Å². The standard InChI is InChI=1S/C19H24ClN3O/c1-24-19-6-4-16(5-7-19)17-8-12-22(13-9-17)10-2-3-11-23-15-18(20)14-21-23/h4-8,14-15H,2-3,9-13H2,1H3.